The minimum absolute atomic E-state index is 0.0754. The second-order valence-corrected chi connectivity index (χ2v) is 5.88. The Balaban J connectivity index is 1.63. The van der Waals surface area contributed by atoms with Gasteiger partial charge in [0.1, 0.15) is 5.78 Å². The summed E-state index contributed by atoms with van der Waals surface area (Å²) in [6.07, 6.45) is 5.07. The fraction of sp³-hybridized carbons (Fsp3) is 0.471. The fourth-order valence-corrected chi connectivity index (χ4v) is 2.82. The Labute approximate surface area is 124 Å². The molecule has 1 aliphatic rings. The van der Waals surface area contributed by atoms with Crippen LogP contribution in [-0.4, -0.2) is 15.9 Å². The number of hydrogen-bond acceptors (Lipinski definition) is 4. The molecule has 4 nitrogen and oxygen atoms in total. The van der Waals surface area contributed by atoms with Gasteiger partial charge in [0, 0.05) is 25.2 Å². The van der Waals surface area contributed by atoms with E-state index in [2.05, 4.69) is 41.3 Å². The van der Waals surface area contributed by atoms with Gasteiger partial charge in [0.15, 0.2) is 5.82 Å². The van der Waals surface area contributed by atoms with Crippen LogP contribution in [0.5, 0.6) is 0 Å². The van der Waals surface area contributed by atoms with Crippen molar-refractivity contribution < 1.29 is 9.32 Å². The van der Waals surface area contributed by atoms with Gasteiger partial charge in [-0.15, -0.1) is 0 Å². The molecule has 1 saturated carbocycles. The molecule has 110 valence electrons. The van der Waals surface area contributed by atoms with E-state index in [4.69, 9.17) is 4.52 Å². The summed E-state index contributed by atoms with van der Waals surface area (Å²) in [4.78, 5) is 16.3. The van der Waals surface area contributed by atoms with Gasteiger partial charge < -0.3 is 4.52 Å². The van der Waals surface area contributed by atoms with E-state index in [1.54, 1.807) is 0 Å². The predicted octanol–water partition coefficient (Wildman–Crippen LogP) is 3.27. The highest BCUT2D eigenvalue weighted by Gasteiger charge is 2.24. The van der Waals surface area contributed by atoms with Crippen LogP contribution in [0.3, 0.4) is 0 Å². The second-order valence-electron chi connectivity index (χ2n) is 5.88. The Hall–Kier alpha value is -1.97. The Kier molecular flexibility index (Phi) is 4.13. The quantitative estimate of drug-likeness (QED) is 0.864. The van der Waals surface area contributed by atoms with E-state index in [0.29, 0.717) is 36.8 Å². The molecule has 0 aliphatic heterocycles. The number of carbonyl (C=O) groups is 1. The Morgan fingerprint density at radius 2 is 2.05 bits per heavy atom. The molecule has 1 aromatic carbocycles. The number of nitrogens with zero attached hydrogens (tertiary/aromatic N) is 2. The molecular formula is C17H20N2O2. The number of hydrogen-bond donors (Lipinski definition) is 0. The van der Waals surface area contributed by atoms with Gasteiger partial charge in [-0.3, -0.25) is 4.79 Å². The van der Waals surface area contributed by atoms with Crippen molar-refractivity contribution in [1.82, 2.24) is 10.1 Å². The number of aryl methyl sites for hydroxylation is 1. The molecule has 0 N–H and O–H groups in total. The maximum atomic E-state index is 11.8. The molecule has 1 aromatic heterocycles. The average Bonchev–Trinajstić information content (AvgIpc) is 2.91. The van der Waals surface area contributed by atoms with Gasteiger partial charge in [0.25, 0.3) is 0 Å². The van der Waals surface area contributed by atoms with Crippen LogP contribution in [0.4, 0.5) is 0 Å². The van der Waals surface area contributed by atoms with Gasteiger partial charge >= 0.3 is 0 Å². The zero-order chi connectivity index (χ0) is 14.7. The molecule has 21 heavy (non-hydrogen) atoms. The molecule has 0 radical (unpaired) electrons. The van der Waals surface area contributed by atoms with Crippen LogP contribution >= 0.6 is 0 Å². The Bertz CT molecular complexity index is 616. The smallest absolute Gasteiger partial charge is 0.227 e. The van der Waals surface area contributed by atoms with Gasteiger partial charge in [-0.25, -0.2) is 0 Å². The topological polar surface area (TPSA) is 56.0 Å². The number of rotatable bonds is 4. The molecule has 0 bridgehead atoms. The lowest BCUT2D eigenvalue weighted by molar-refractivity contribution is -0.124. The van der Waals surface area contributed by atoms with Crippen LogP contribution in [0.2, 0.25) is 0 Å². The number of Topliss-reactive ketones (excluding diaryl/α,β-unsaturated/α-hetero) is 1. The molecule has 2 aromatic rings. The van der Waals surface area contributed by atoms with Crippen LogP contribution in [0.1, 0.15) is 48.5 Å². The van der Waals surface area contributed by atoms with Crippen molar-refractivity contribution in [2.75, 3.05) is 0 Å². The minimum Gasteiger partial charge on any atom is -0.339 e. The molecule has 1 fully saturated rings. The third-order valence-electron chi connectivity index (χ3n) is 4.10. The highest BCUT2D eigenvalue weighted by molar-refractivity contribution is 5.81. The predicted molar refractivity (Wildman–Crippen MR) is 79.0 cm³/mol. The van der Waals surface area contributed by atoms with Crippen molar-refractivity contribution in [3.05, 3.63) is 47.1 Å². The molecular weight excluding hydrogens is 264 g/mol. The molecule has 1 aliphatic carbocycles. The van der Waals surface area contributed by atoms with Crippen LogP contribution in [0.15, 0.2) is 28.8 Å². The van der Waals surface area contributed by atoms with Crippen LogP contribution in [0, 0.1) is 12.8 Å². The molecule has 1 heterocycles. The van der Waals surface area contributed by atoms with Crippen molar-refractivity contribution >= 4 is 5.78 Å². The van der Waals surface area contributed by atoms with Gasteiger partial charge in [-0.1, -0.05) is 41.4 Å². The highest BCUT2D eigenvalue weighted by atomic mass is 16.5. The molecule has 3 rings (SSSR count). The third kappa shape index (κ3) is 3.57. The normalized spacial score (nSPS) is 18.9. The van der Waals surface area contributed by atoms with Gasteiger partial charge in [0.2, 0.25) is 5.89 Å². The molecule has 1 atom stereocenters. The Morgan fingerprint density at radius 3 is 2.81 bits per heavy atom. The standard InChI is InChI=1S/C17H20N2O2/c1-12-6-8-13(9-7-12)10-16-18-17(21-19-16)11-14-4-2-3-5-15(14)20/h6-9,14H,2-5,10-11H2,1H3. The summed E-state index contributed by atoms with van der Waals surface area (Å²) < 4.78 is 5.30. The second kappa shape index (κ2) is 6.20. The first kappa shape index (κ1) is 14.0. The zero-order valence-electron chi connectivity index (χ0n) is 12.3. The average molecular weight is 284 g/mol. The summed E-state index contributed by atoms with van der Waals surface area (Å²) in [6.45, 7) is 2.07. The van der Waals surface area contributed by atoms with Crippen LogP contribution in [-0.2, 0) is 17.6 Å². The fourth-order valence-electron chi connectivity index (χ4n) is 2.82. The highest BCUT2D eigenvalue weighted by Crippen LogP contribution is 2.23. The molecule has 0 saturated heterocycles. The van der Waals surface area contributed by atoms with Crippen LogP contribution in [0.25, 0.3) is 0 Å². The molecule has 1 unspecified atom stereocenters. The summed E-state index contributed by atoms with van der Waals surface area (Å²) in [5.41, 5.74) is 2.41. The summed E-state index contributed by atoms with van der Waals surface area (Å²) >= 11 is 0. The lowest BCUT2D eigenvalue weighted by Gasteiger charge is -2.18. The van der Waals surface area contributed by atoms with E-state index < -0.39 is 0 Å². The van der Waals surface area contributed by atoms with Crippen molar-refractivity contribution in [2.24, 2.45) is 5.92 Å². The zero-order valence-corrected chi connectivity index (χ0v) is 12.3. The van der Waals surface area contributed by atoms with Gasteiger partial charge in [0.05, 0.1) is 0 Å². The van der Waals surface area contributed by atoms with Crippen molar-refractivity contribution in [3.63, 3.8) is 0 Å². The van der Waals surface area contributed by atoms with Gasteiger partial charge in [-0.05, 0) is 25.3 Å². The van der Waals surface area contributed by atoms with Crippen molar-refractivity contribution in [2.45, 2.75) is 45.4 Å². The minimum atomic E-state index is 0.0754. The molecule has 0 amide bonds. The number of carbonyl (C=O) groups excluding carboxylic acids is 1. The van der Waals surface area contributed by atoms with E-state index in [0.717, 1.165) is 19.3 Å². The monoisotopic (exact) mass is 284 g/mol. The Morgan fingerprint density at radius 1 is 1.24 bits per heavy atom. The molecule has 0 spiro atoms. The van der Waals surface area contributed by atoms with E-state index in [9.17, 15) is 4.79 Å². The summed E-state index contributed by atoms with van der Waals surface area (Å²) in [6, 6.07) is 8.32. The maximum absolute atomic E-state index is 11.8. The van der Waals surface area contributed by atoms with E-state index in [1.165, 1.54) is 11.1 Å². The lowest BCUT2D eigenvalue weighted by Crippen LogP contribution is -2.21. The van der Waals surface area contributed by atoms with Crippen LogP contribution < -0.4 is 0 Å². The third-order valence-corrected chi connectivity index (χ3v) is 4.10. The number of ketones is 1. The van der Waals surface area contributed by atoms with E-state index >= 15 is 0 Å². The summed E-state index contributed by atoms with van der Waals surface area (Å²) in [7, 11) is 0. The van der Waals surface area contributed by atoms with Crippen molar-refractivity contribution in [1.29, 1.82) is 0 Å². The lowest BCUT2D eigenvalue weighted by atomic mass is 9.86. The first-order valence-electron chi connectivity index (χ1n) is 7.60. The van der Waals surface area contributed by atoms with E-state index in [-0.39, 0.29) is 5.92 Å². The van der Waals surface area contributed by atoms with E-state index in [1.807, 2.05) is 0 Å². The SMILES string of the molecule is Cc1ccc(Cc2noc(CC3CCCCC3=O)n2)cc1. The first-order valence-corrected chi connectivity index (χ1v) is 7.60. The summed E-state index contributed by atoms with van der Waals surface area (Å²) in [5, 5.41) is 4.03. The first-order chi connectivity index (χ1) is 10.2. The number of aromatic nitrogens is 2. The largest absolute Gasteiger partial charge is 0.339 e. The van der Waals surface area contributed by atoms with Crippen molar-refractivity contribution in [3.8, 4) is 0 Å². The maximum Gasteiger partial charge on any atom is 0.227 e. The van der Waals surface area contributed by atoms with Gasteiger partial charge in [-0.2, -0.15) is 4.98 Å². The molecule has 4 heteroatoms. The summed E-state index contributed by atoms with van der Waals surface area (Å²) in [5.74, 6) is 1.71. The number of benzene rings is 1.